The van der Waals surface area contributed by atoms with E-state index in [2.05, 4.69) is 12.2 Å². The van der Waals surface area contributed by atoms with Gasteiger partial charge in [0, 0.05) is 11.3 Å². The number of anilines is 1. The molecule has 23 heavy (non-hydrogen) atoms. The van der Waals surface area contributed by atoms with E-state index in [9.17, 15) is 9.59 Å². The molecule has 2 aromatic rings. The molecular formula is C19H21NO3. The number of ether oxygens (including phenoxy) is 1. The summed E-state index contributed by atoms with van der Waals surface area (Å²) in [6.07, 6.45) is 0.295. The Hall–Kier alpha value is -2.62. The van der Waals surface area contributed by atoms with E-state index in [1.165, 1.54) is 12.5 Å². The maximum absolute atomic E-state index is 12.2. The van der Waals surface area contributed by atoms with Gasteiger partial charge < -0.3 is 10.1 Å². The van der Waals surface area contributed by atoms with Gasteiger partial charge in [0.2, 0.25) is 0 Å². The van der Waals surface area contributed by atoms with Crippen LogP contribution in [0, 0.1) is 0 Å². The summed E-state index contributed by atoms with van der Waals surface area (Å²) in [5.74, 6) is 0.229. The number of carbonyl (C=O) groups excluding carboxylic acids is 2. The van der Waals surface area contributed by atoms with E-state index in [0.29, 0.717) is 11.3 Å². The van der Waals surface area contributed by atoms with Crippen LogP contribution in [0.3, 0.4) is 0 Å². The summed E-state index contributed by atoms with van der Waals surface area (Å²) >= 11 is 0. The second kappa shape index (κ2) is 7.58. The molecule has 0 aliphatic heterocycles. The molecule has 2 rings (SSSR count). The molecule has 0 saturated carbocycles. The van der Waals surface area contributed by atoms with Crippen LogP contribution in [0.5, 0.6) is 5.75 Å². The number of hydrogen-bond acceptors (Lipinski definition) is 3. The van der Waals surface area contributed by atoms with E-state index in [-0.39, 0.29) is 11.7 Å². The molecule has 0 radical (unpaired) electrons. The Morgan fingerprint density at radius 3 is 2.43 bits per heavy atom. The second-order valence-electron chi connectivity index (χ2n) is 5.38. The van der Waals surface area contributed by atoms with Crippen molar-refractivity contribution in [1.82, 2.24) is 0 Å². The van der Waals surface area contributed by atoms with E-state index in [0.717, 1.165) is 12.1 Å². The van der Waals surface area contributed by atoms with Crippen LogP contribution in [-0.4, -0.2) is 17.8 Å². The van der Waals surface area contributed by atoms with Crippen molar-refractivity contribution >= 4 is 17.4 Å². The van der Waals surface area contributed by atoms with E-state index in [1.54, 1.807) is 31.2 Å². The predicted octanol–water partition coefficient (Wildman–Crippen LogP) is 3.86. The Morgan fingerprint density at radius 2 is 1.83 bits per heavy atom. The maximum Gasteiger partial charge on any atom is 0.265 e. The summed E-state index contributed by atoms with van der Waals surface area (Å²) < 4.78 is 5.62. The fourth-order valence-electron chi connectivity index (χ4n) is 2.11. The highest BCUT2D eigenvalue weighted by Crippen LogP contribution is 2.16. The molecule has 0 bridgehead atoms. The normalized spacial score (nSPS) is 11.6. The molecular weight excluding hydrogens is 290 g/mol. The molecule has 0 saturated heterocycles. The van der Waals surface area contributed by atoms with Crippen LogP contribution in [0.15, 0.2) is 48.5 Å². The van der Waals surface area contributed by atoms with Gasteiger partial charge in [-0.25, -0.2) is 0 Å². The molecule has 4 nitrogen and oxygen atoms in total. The lowest BCUT2D eigenvalue weighted by molar-refractivity contribution is -0.122. The van der Waals surface area contributed by atoms with E-state index >= 15 is 0 Å². The first-order chi connectivity index (χ1) is 11.0. The van der Waals surface area contributed by atoms with Gasteiger partial charge in [-0.1, -0.05) is 31.2 Å². The summed E-state index contributed by atoms with van der Waals surface area (Å²) in [5.41, 5.74) is 2.51. The van der Waals surface area contributed by atoms with Crippen LogP contribution in [-0.2, 0) is 11.2 Å². The molecule has 1 atom stereocenters. The van der Waals surface area contributed by atoms with Crippen LogP contribution in [0.25, 0.3) is 0 Å². The summed E-state index contributed by atoms with van der Waals surface area (Å²) in [5, 5.41) is 2.82. The first-order valence-electron chi connectivity index (χ1n) is 7.67. The predicted molar refractivity (Wildman–Crippen MR) is 91.0 cm³/mol. The number of aryl methyl sites for hydroxylation is 1. The topological polar surface area (TPSA) is 55.4 Å². The SMILES string of the molecule is CCc1ccc(NC(=O)[C@H](C)Oc2cccc(C(C)=O)c2)cc1. The Kier molecular flexibility index (Phi) is 5.52. The highest BCUT2D eigenvalue weighted by molar-refractivity contribution is 5.95. The average molecular weight is 311 g/mol. The average Bonchev–Trinajstić information content (AvgIpc) is 2.55. The molecule has 1 N–H and O–H groups in total. The lowest BCUT2D eigenvalue weighted by Crippen LogP contribution is -2.30. The van der Waals surface area contributed by atoms with Crippen molar-refractivity contribution in [1.29, 1.82) is 0 Å². The Balaban J connectivity index is 1.99. The van der Waals surface area contributed by atoms with E-state index in [4.69, 9.17) is 4.74 Å². The lowest BCUT2D eigenvalue weighted by atomic mass is 10.1. The van der Waals surface area contributed by atoms with Crippen LogP contribution in [0.2, 0.25) is 0 Å². The molecule has 0 spiro atoms. The standard InChI is InChI=1S/C19H21NO3/c1-4-15-8-10-17(11-9-15)20-19(22)14(3)23-18-7-5-6-16(12-18)13(2)21/h5-12,14H,4H2,1-3H3,(H,20,22)/t14-/m0/s1. The Morgan fingerprint density at radius 1 is 1.13 bits per heavy atom. The summed E-state index contributed by atoms with van der Waals surface area (Å²) in [6, 6.07) is 14.5. The van der Waals surface area contributed by atoms with Crippen molar-refractivity contribution in [2.24, 2.45) is 0 Å². The molecule has 0 heterocycles. The molecule has 0 fully saturated rings. The number of benzene rings is 2. The van der Waals surface area contributed by atoms with Crippen LogP contribution in [0.4, 0.5) is 5.69 Å². The molecule has 0 unspecified atom stereocenters. The molecule has 1 amide bonds. The third-order valence-corrected chi connectivity index (χ3v) is 3.55. The van der Waals surface area contributed by atoms with Crippen molar-refractivity contribution in [3.05, 3.63) is 59.7 Å². The van der Waals surface area contributed by atoms with Crippen LogP contribution in [0.1, 0.15) is 36.7 Å². The first-order valence-corrected chi connectivity index (χ1v) is 7.67. The van der Waals surface area contributed by atoms with Crippen molar-refractivity contribution < 1.29 is 14.3 Å². The fraction of sp³-hybridized carbons (Fsp3) is 0.263. The smallest absolute Gasteiger partial charge is 0.265 e. The summed E-state index contributed by atoms with van der Waals surface area (Å²) in [6.45, 7) is 5.25. The van der Waals surface area contributed by atoms with Gasteiger partial charge in [0.05, 0.1) is 0 Å². The Bertz CT molecular complexity index is 692. The molecule has 120 valence electrons. The number of carbonyl (C=O) groups is 2. The number of nitrogens with one attached hydrogen (secondary N) is 1. The number of hydrogen-bond donors (Lipinski definition) is 1. The van der Waals surface area contributed by atoms with Crippen molar-refractivity contribution in [2.75, 3.05) is 5.32 Å². The highest BCUT2D eigenvalue weighted by Gasteiger charge is 2.15. The van der Waals surface area contributed by atoms with Gasteiger partial charge in [0.15, 0.2) is 11.9 Å². The zero-order chi connectivity index (χ0) is 16.8. The Labute approximate surface area is 136 Å². The second-order valence-corrected chi connectivity index (χ2v) is 5.38. The third-order valence-electron chi connectivity index (χ3n) is 3.55. The van der Waals surface area contributed by atoms with Gasteiger partial charge in [-0.15, -0.1) is 0 Å². The van der Waals surface area contributed by atoms with Crippen LogP contribution >= 0.6 is 0 Å². The molecule has 0 aliphatic carbocycles. The van der Waals surface area contributed by atoms with Gasteiger partial charge in [-0.2, -0.15) is 0 Å². The lowest BCUT2D eigenvalue weighted by Gasteiger charge is -2.15. The quantitative estimate of drug-likeness (QED) is 0.824. The van der Waals surface area contributed by atoms with Gasteiger partial charge in [0.25, 0.3) is 5.91 Å². The largest absolute Gasteiger partial charge is 0.481 e. The van der Waals surface area contributed by atoms with Crippen molar-refractivity contribution in [3.63, 3.8) is 0 Å². The van der Waals surface area contributed by atoms with E-state index in [1.807, 2.05) is 24.3 Å². The fourth-order valence-corrected chi connectivity index (χ4v) is 2.11. The zero-order valence-electron chi connectivity index (χ0n) is 13.6. The molecule has 4 heteroatoms. The minimum atomic E-state index is -0.664. The van der Waals surface area contributed by atoms with Crippen molar-refractivity contribution in [2.45, 2.75) is 33.3 Å². The zero-order valence-corrected chi connectivity index (χ0v) is 13.6. The number of rotatable bonds is 6. The molecule has 2 aromatic carbocycles. The van der Waals surface area contributed by atoms with Crippen LogP contribution < -0.4 is 10.1 Å². The van der Waals surface area contributed by atoms with Crippen molar-refractivity contribution in [3.8, 4) is 5.75 Å². The minimum Gasteiger partial charge on any atom is -0.481 e. The van der Waals surface area contributed by atoms with Gasteiger partial charge >= 0.3 is 0 Å². The molecule has 0 aliphatic rings. The van der Waals surface area contributed by atoms with Gasteiger partial charge in [-0.05, 0) is 50.1 Å². The first kappa shape index (κ1) is 16.7. The number of ketones is 1. The van der Waals surface area contributed by atoms with E-state index < -0.39 is 6.10 Å². The molecule has 0 aromatic heterocycles. The summed E-state index contributed by atoms with van der Waals surface area (Å²) in [4.78, 5) is 23.6. The monoisotopic (exact) mass is 311 g/mol. The maximum atomic E-state index is 12.2. The number of amides is 1. The highest BCUT2D eigenvalue weighted by atomic mass is 16.5. The minimum absolute atomic E-state index is 0.0384. The van der Waals surface area contributed by atoms with Gasteiger partial charge in [-0.3, -0.25) is 9.59 Å². The summed E-state index contributed by atoms with van der Waals surface area (Å²) in [7, 11) is 0. The number of Topliss-reactive ketones (excluding diaryl/α,β-unsaturated/α-hetero) is 1. The van der Waals surface area contributed by atoms with Gasteiger partial charge in [0.1, 0.15) is 5.75 Å². The third kappa shape index (κ3) is 4.68.